The topological polar surface area (TPSA) is 48.0 Å². The number of ether oxygens (including phenoxy) is 3. The van der Waals surface area contributed by atoms with Crippen LogP contribution in [0.1, 0.15) is 60.0 Å². The van der Waals surface area contributed by atoms with Crippen LogP contribution in [0.4, 0.5) is 4.39 Å². The minimum atomic E-state index is -0.527. The Balaban J connectivity index is 1.09. The number of benzene rings is 2. The van der Waals surface area contributed by atoms with Gasteiger partial charge in [0.2, 0.25) is 0 Å². The Morgan fingerprint density at radius 1 is 1.03 bits per heavy atom. The highest BCUT2D eigenvalue weighted by Gasteiger charge is 2.50. The van der Waals surface area contributed by atoms with Crippen LogP contribution in [0.25, 0.3) is 0 Å². The van der Waals surface area contributed by atoms with Gasteiger partial charge in [-0.2, -0.15) is 0 Å². The summed E-state index contributed by atoms with van der Waals surface area (Å²) in [5, 5.41) is 0. The molecular weight excluding hydrogens is 501 g/mol. The first-order valence-electron chi connectivity index (χ1n) is 12.4. The molecule has 180 valence electrons. The molecule has 1 saturated heterocycles. The van der Waals surface area contributed by atoms with Gasteiger partial charge in [0.15, 0.2) is 11.5 Å². The van der Waals surface area contributed by atoms with E-state index in [1.807, 2.05) is 12.1 Å². The maximum absolute atomic E-state index is 13.7. The third-order valence-electron chi connectivity index (χ3n) is 8.14. The molecule has 1 aliphatic carbocycles. The zero-order valence-electron chi connectivity index (χ0n) is 19.2. The first-order chi connectivity index (χ1) is 16.5. The van der Waals surface area contributed by atoms with E-state index in [9.17, 15) is 9.18 Å². The van der Waals surface area contributed by atoms with E-state index in [1.165, 1.54) is 6.07 Å². The highest BCUT2D eigenvalue weighted by atomic mass is 79.9. The fraction of sp³-hybridized carbons (Fsp3) is 0.519. The van der Waals surface area contributed by atoms with Gasteiger partial charge in [0.25, 0.3) is 0 Å². The highest BCUT2D eigenvalue weighted by Crippen LogP contribution is 2.52. The molecule has 0 unspecified atom stereocenters. The molecule has 1 spiro atoms. The van der Waals surface area contributed by atoms with Crippen LogP contribution in [0.15, 0.2) is 34.8 Å². The van der Waals surface area contributed by atoms with Crippen molar-refractivity contribution in [1.29, 1.82) is 0 Å². The third-order valence-corrected chi connectivity index (χ3v) is 8.91. The number of carbonyl (C=O) groups excluding carboxylic acids is 1. The van der Waals surface area contributed by atoms with E-state index in [0.717, 1.165) is 73.6 Å². The first kappa shape index (κ1) is 22.4. The van der Waals surface area contributed by atoms with Crippen LogP contribution in [0.2, 0.25) is 0 Å². The number of halogens is 2. The smallest absolute Gasteiger partial charge is 0.343 e. The van der Waals surface area contributed by atoms with Crippen LogP contribution in [0.5, 0.6) is 11.5 Å². The van der Waals surface area contributed by atoms with Crippen molar-refractivity contribution >= 4 is 21.9 Å². The number of esters is 1. The van der Waals surface area contributed by atoms with Crippen LogP contribution in [-0.4, -0.2) is 43.2 Å². The van der Waals surface area contributed by atoms with E-state index >= 15 is 0 Å². The zero-order chi connectivity index (χ0) is 23.3. The molecule has 2 aromatic carbocycles. The van der Waals surface area contributed by atoms with E-state index in [-0.39, 0.29) is 11.8 Å². The number of piperidine rings is 1. The molecule has 3 aliphatic heterocycles. The largest absolute Gasteiger partial charge is 0.486 e. The second-order valence-corrected chi connectivity index (χ2v) is 10.9. The maximum atomic E-state index is 13.7. The van der Waals surface area contributed by atoms with Crippen molar-refractivity contribution in [3.8, 4) is 11.5 Å². The predicted octanol–water partition coefficient (Wildman–Crippen LogP) is 5.62. The lowest BCUT2D eigenvalue weighted by atomic mass is 9.76. The number of fused-ring (bicyclic) bond motifs is 4. The van der Waals surface area contributed by atoms with Crippen molar-refractivity contribution in [2.24, 2.45) is 5.92 Å². The number of rotatable bonds is 3. The average molecular weight is 530 g/mol. The molecule has 0 amide bonds. The summed E-state index contributed by atoms with van der Waals surface area (Å²) in [6.07, 6.45) is 6.89. The number of hydrogen-bond acceptors (Lipinski definition) is 5. The van der Waals surface area contributed by atoms with Gasteiger partial charge in [0.1, 0.15) is 30.2 Å². The molecule has 6 rings (SSSR count). The second kappa shape index (κ2) is 8.83. The van der Waals surface area contributed by atoms with Gasteiger partial charge in [0.05, 0.1) is 0 Å². The Kier molecular flexibility index (Phi) is 5.80. The lowest BCUT2D eigenvalue weighted by Crippen LogP contribution is -2.46. The van der Waals surface area contributed by atoms with Crippen LogP contribution < -0.4 is 9.47 Å². The van der Waals surface area contributed by atoms with Gasteiger partial charge in [-0.05, 0) is 93.8 Å². The number of nitrogens with zero attached hydrogens (tertiary/aromatic N) is 1. The van der Waals surface area contributed by atoms with Crippen molar-refractivity contribution in [2.45, 2.75) is 56.6 Å². The molecule has 2 aromatic rings. The second-order valence-electron chi connectivity index (χ2n) is 10.0. The molecule has 1 saturated carbocycles. The van der Waals surface area contributed by atoms with Crippen molar-refractivity contribution in [3.63, 3.8) is 0 Å². The number of carbonyl (C=O) groups is 1. The van der Waals surface area contributed by atoms with Crippen molar-refractivity contribution in [1.82, 2.24) is 4.90 Å². The molecule has 0 N–H and O–H groups in total. The summed E-state index contributed by atoms with van der Waals surface area (Å²) in [7, 11) is 0. The van der Waals surface area contributed by atoms with Crippen LogP contribution >= 0.6 is 15.9 Å². The fourth-order valence-electron chi connectivity index (χ4n) is 6.32. The average Bonchev–Trinajstić information content (AvgIpc) is 3.14. The maximum Gasteiger partial charge on any atom is 0.343 e. The molecule has 0 aromatic heterocycles. The number of hydrogen-bond donors (Lipinski definition) is 0. The summed E-state index contributed by atoms with van der Waals surface area (Å²) in [6.45, 7) is 3.11. The Morgan fingerprint density at radius 3 is 2.59 bits per heavy atom. The fourth-order valence-corrected chi connectivity index (χ4v) is 6.73. The molecular formula is C27H29BrFNO4. The molecule has 4 aliphatic rings. The van der Waals surface area contributed by atoms with Gasteiger partial charge >= 0.3 is 5.97 Å². The van der Waals surface area contributed by atoms with Gasteiger partial charge < -0.3 is 19.1 Å². The molecule has 0 atom stereocenters. The summed E-state index contributed by atoms with van der Waals surface area (Å²) in [5.74, 6) is 1.33. The predicted molar refractivity (Wildman–Crippen MR) is 129 cm³/mol. The quantitative estimate of drug-likeness (QED) is 0.482. The Bertz CT molecular complexity index is 1110. The molecule has 2 fully saturated rings. The summed E-state index contributed by atoms with van der Waals surface area (Å²) >= 11 is 3.57. The Labute approximate surface area is 207 Å². The highest BCUT2D eigenvalue weighted by molar-refractivity contribution is 9.10. The molecule has 0 radical (unpaired) electrons. The summed E-state index contributed by atoms with van der Waals surface area (Å²) in [6, 6.07) is 9.41. The standard InChI is InChI=1S/C27H29BrFNO4/c28-22-3-1-19(29)16-18(22)15-17-7-11-30(12-8-17)20-5-9-27(10-6-20)21-2-4-23-25(33-14-13-32-23)24(21)26(31)34-27/h1-4,16-17,20H,5-15H2. The lowest BCUT2D eigenvalue weighted by molar-refractivity contribution is -0.0446. The number of likely N-dealkylation sites (tertiary alicyclic amines) is 1. The van der Waals surface area contributed by atoms with E-state index < -0.39 is 5.60 Å². The summed E-state index contributed by atoms with van der Waals surface area (Å²) in [5.41, 5.74) is 2.08. The first-order valence-corrected chi connectivity index (χ1v) is 13.2. The summed E-state index contributed by atoms with van der Waals surface area (Å²) < 4.78 is 32.2. The van der Waals surface area contributed by atoms with Gasteiger partial charge in [-0.15, -0.1) is 0 Å². The minimum Gasteiger partial charge on any atom is -0.486 e. The molecule has 0 bridgehead atoms. The van der Waals surface area contributed by atoms with Crippen molar-refractivity contribution in [2.75, 3.05) is 26.3 Å². The zero-order valence-corrected chi connectivity index (χ0v) is 20.7. The van der Waals surface area contributed by atoms with E-state index in [4.69, 9.17) is 14.2 Å². The molecule has 3 heterocycles. The monoisotopic (exact) mass is 529 g/mol. The van der Waals surface area contributed by atoms with Crippen molar-refractivity contribution in [3.05, 3.63) is 57.3 Å². The van der Waals surface area contributed by atoms with E-state index in [2.05, 4.69) is 20.8 Å². The van der Waals surface area contributed by atoms with Crippen LogP contribution in [0.3, 0.4) is 0 Å². The Morgan fingerprint density at radius 2 is 1.79 bits per heavy atom. The van der Waals surface area contributed by atoms with Gasteiger partial charge in [0, 0.05) is 16.1 Å². The van der Waals surface area contributed by atoms with Crippen molar-refractivity contribution < 1.29 is 23.4 Å². The van der Waals surface area contributed by atoms with Crippen LogP contribution in [0, 0.1) is 11.7 Å². The SMILES string of the molecule is O=C1OC2(CCC(N3CCC(Cc4cc(F)ccc4Br)CC3)CC2)c2ccc3c(c21)OCCO3. The van der Waals surface area contributed by atoms with Gasteiger partial charge in [-0.1, -0.05) is 22.0 Å². The Hall–Kier alpha value is -2.12. The minimum absolute atomic E-state index is 0.166. The molecule has 7 heteroatoms. The lowest BCUT2D eigenvalue weighted by Gasteiger charge is -2.43. The van der Waals surface area contributed by atoms with Crippen LogP contribution in [-0.2, 0) is 16.8 Å². The summed E-state index contributed by atoms with van der Waals surface area (Å²) in [4.78, 5) is 15.4. The van der Waals surface area contributed by atoms with E-state index in [0.29, 0.717) is 42.2 Å². The van der Waals surface area contributed by atoms with Gasteiger partial charge in [-0.25, -0.2) is 9.18 Å². The third kappa shape index (κ3) is 3.91. The molecule has 5 nitrogen and oxygen atoms in total. The molecule has 34 heavy (non-hydrogen) atoms. The van der Waals surface area contributed by atoms with Gasteiger partial charge in [-0.3, -0.25) is 0 Å². The van der Waals surface area contributed by atoms with E-state index in [1.54, 1.807) is 12.1 Å². The normalized spacial score (nSPS) is 27.0.